The van der Waals surface area contributed by atoms with Gasteiger partial charge in [0.15, 0.2) is 6.04 Å². The molecule has 0 aliphatic carbocycles. The molecule has 9 heteroatoms. The van der Waals surface area contributed by atoms with E-state index in [0.29, 0.717) is 16.0 Å². The maximum absolute atomic E-state index is 13.4. The number of aromatic carboxylic acids is 1. The number of carboxylic acid groups (broad SMARTS) is 1. The second-order valence-corrected chi connectivity index (χ2v) is 5.40. The van der Waals surface area contributed by atoms with Crippen LogP contribution in [-0.2, 0) is 0 Å². The molecule has 0 radical (unpaired) electrons. The number of aromatic nitrogens is 2. The van der Waals surface area contributed by atoms with Gasteiger partial charge in [0.2, 0.25) is 0 Å². The smallest absolute Gasteiger partial charge is 0.410 e. The van der Waals surface area contributed by atoms with E-state index in [-0.39, 0.29) is 12.2 Å². The van der Waals surface area contributed by atoms with Crippen molar-refractivity contribution >= 4 is 11.8 Å². The summed E-state index contributed by atoms with van der Waals surface area (Å²) < 4.78 is 45.8. The van der Waals surface area contributed by atoms with Crippen LogP contribution in [0.2, 0.25) is 0 Å². The zero-order valence-corrected chi connectivity index (χ0v) is 12.5. The van der Waals surface area contributed by atoms with Gasteiger partial charge in [-0.2, -0.15) is 18.3 Å². The van der Waals surface area contributed by atoms with Crippen LogP contribution in [0.25, 0.3) is 0 Å². The van der Waals surface area contributed by atoms with Crippen molar-refractivity contribution in [1.29, 1.82) is 0 Å². The molecule has 1 aliphatic rings. The Kier molecular flexibility index (Phi) is 3.86. The summed E-state index contributed by atoms with van der Waals surface area (Å²) in [5.41, 5.74) is 0.184. The molecule has 128 valence electrons. The third kappa shape index (κ3) is 2.77. The van der Waals surface area contributed by atoms with Crippen LogP contribution < -0.4 is 15.2 Å². The second-order valence-electron chi connectivity index (χ2n) is 5.40. The largest absolute Gasteiger partial charge is 0.545 e. The highest BCUT2D eigenvalue weighted by Crippen LogP contribution is 2.44. The summed E-state index contributed by atoms with van der Waals surface area (Å²) in [5.74, 6) is -1.22. The molecule has 2 heterocycles. The number of nitrogens with one attached hydrogen (secondary N) is 1. The zero-order chi connectivity index (χ0) is 17.5. The third-order valence-corrected chi connectivity index (χ3v) is 3.98. The Morgan fingerprint density at radius 3 is 2.58 bits per heavy atom. The summed E-state index contributed by atoms with van der Waals surface area (Å²) >= 11 is 0. The fourth-order valence-corrected chi connectivity index (χ4v) is 2.77. The average Bonchev–Trinajstić information content (AvgIpc) is 2.97. The van der Waals surface area contributed by atoms with Crippen LogP contribution in [0.4, 0.5) is 19.0 Å². The van der Waals surface area contributed by atoms with Crippen LogP contribution in [0.1, 0.15) is 34.4 Å². The summed E-state index contributed by atoms with van der Waals surface area (Å²) in [6.07, 6.45) is -4.00. The summed E-state index contributed by atoms with van der Waals surface area (Å²) in [4.78, 5) is 11.1. The Bertz CT molecular complexity index is 756. The second kappa shape index (κ2) is 5.73. The number of fused-ring (bicyclic) bond motifs is 1. The predicted octanol–water partition coefficient (Wildman–Crippen LogP) is 1.92. The zero-order valence-electron chi connectivity index (χ0n) is 12.5. The molecular formula is C15H13F3N3O3-. The number of methoxy groups -OCH3 is 1. The maximum Gasteiger partial charge on any atom is 0.410 e. The van der Waals surface area contributed by atoms with Crippen molar-refractivity contribution in [3.05, 3.63) is 41.6 Å². The van der Waals surface area contributed by atoms with Crippen molar-refractivity contribution < 1.29 is 27.8 Å². The first-order chi connectivity index (χ1) is 11.3. The highest BCUT2D eigenvalue weighted by atomic mass is 19.4. The molecule has 0 bridgehead atoms. The molecule has 1 N–H and O–H groups in total. The molecule has 2 atom stereocenters. The van der Waals surface area contributed by atoms with Gasteiger partial charge in [-0.3, -0.25) is 0 Å². The highest BCUT2D eigenvalue weighted by Gasteiger charge is 2.46. The Balaban J connectivity index is 2.02. The molecule has 3 rings (SSSR count). The Morgan fingerprint density at radius 2 is 2.04 bits per heavy atom. The summed E-state index contributed by atoms with van der Waals surface area (Å²) in [5, 5.41) is 17.5. The molecule has 1 aliphatic heterocycles. The van der Waals surface area contributed by atoms with E-state index in [1.165, 1.54) is 7.11 Å². The lowest BCUT2D eigenvalue weighted by atomic mass is 9.96. The van der Waals surface area contributed by atoms with Crippen molar-refractivity contribution in [3.8, 4) is 5.75 Å². The first-order valence-corrected chi connectivity index (χ1v) is 7.07. The molecule has 0 unspecified atom stereocenters. The number of nitrogens with zero attached hydrogens (tertiary/aromatic N) is 2. The number of benzene rings is 1. The van der Waals surface area contributed by atoms with Gasteiger partial charge in [0.1, 0.15) is 11.6 Å². The van der Waals surface area contributed by atoms with Crippen LogP contribution in [0.15, 0.2) is 30.5 Å². The van der Waals surface area contributed by atoms with Crippen molar-refractivity contribution in [2.24, 2.45) is 0 Å². The Morgan fingerprint density at radius 1 is 1.38 bits per heavy atom. The summed E-state index contributed by atoms with van der Waals surface area (Å²) in [7, 11) is 1.48. The van der Waals surface area contributed by atoms with Crippen molar-refractivity contribution in [3.63, 3.8) is 0 Å². The molecule has 0 saturated heterocycles. The number of carboxylic acids is 1. The highest BCUT2D eigenvalue weighted by molar-refractivity contribution is 5.91. The monoisotopic (exact) mass is 340 g/mol. The number of carbonyl (C=O) groups excluding carboxylic acids is 1. The van der Waals surface area contributed by atoms with Gasteiger partial charge >= 0.3 is 6.18 Å². The molecule has 0 saturated carbocycles. The van der Waals surface area contributed by atoms with Crippen molar-refractivity contribution in [2.75, 3.05) is 12.4 Å². The van der Waals surface area contributed by atoms with E-state index in [1.54, 1.807) is 24.3 Å². The number of hydrogen-bond donors (Lipinski definition) is 1. The van der Waals surface area contributed by atoms with Crippen molar-refractivity contribution in [2.45, 2.75) is 24.7 Å². The van der Waals surface area contributed by atoms with Gasteiger partial charge in [0.25, 0.3) is 0 Å². The van der Waals surface area contributed by atoms with E-state index < -0.39 is 29.8 Å². The van der Waals surface area contributed by atoms with Gasteiger partial charge in [0, 0.05) is 6.42 Å². The SMILES string of the molecule is COc1ccc([C@H]2C[C@H](C(F)(F)F)n3ncc(C(=O)[O-])c3N2)cc1. The standard InChI is InChI=1S/C15H14F3N3O3/c1-24-9-4-2-8(3-5-9)11-6-12(15(16,17)18)21-13(20-11)10(7-19-21)14(22)23/h2-5,7,11-12,20H,6H2,1H3,(H,22,23)/p-1/t11-,12-/m1/s1. The minimum atomic E-state index is -4.56. The van der Waals surface area contributed by atoms with Crippen LogP contribution in [0, 0.1) is 0 Å². The van der Waals surface area contributed by atoms with E-state index in [9.17, 15) is 23.1 Å². The number of hydrogen-bond acceptors (Lipinski definition) is 5. The van der Waals surface area contributed by atoms with Crippen LogP contribution in [0.3, 0.4) is 0 Å². The molecule has 1 aromatic carbocycles. The average molecular weight is 340 g/mol. The lowest BCUT2D eigenvalue weighted by Crippen LogP contribution is -2.36. The number of ether oxygens (including phenoxy) is 1. The summed E-state index contributed by atoms with van der Waals surface area (Å²) in [6.45, 7) is 0. The molecule has 0 fully saturated rings. The molecule has 2 aromatic rings. The lowest BCUT2D eigenvalue weighted by Gasteiger charge is -2.34. The van der Waals surface area contributed by atoms with Gasteiger partial charge in [-0.15, -0.1) is 0 Å². The number of halogens is 3. The minimum Gasteiger partial charge on any atom is -0.545 e. The van der Waals surface area contributed by atoms with E-state index in [4.69, 9.17) is 4.74 Å². The predicted molar refractivity (Wildman–Crippen MR) is 75.6 cm³/mol. The molecular weight excluding hydrogens is 327 g/mol. The first kappa shape index (κ1) is 16.2. The lowest BCUT2D eigenvalue weighted by molar-refractivity contribution is -0.255. The number of rotatable bonds is 3. The quantitative estimate of drug-likeness (QED) is 0.923. The van der Waals surface area contributed by atoms with Gasteiger partial charge in [-0.25, -0.2) is 4.68 Å². The van der Waals surface area contributed by atoms with Crippen LogP contribution in [-0.4, -0.2) is 29.0 Å². The Labute approximate surface area is 134 Å². The van der Waals surface area contributed by atoms with E-state index >= 15 is 0 Å². The number of carbonyl (C=O) groups is 1. The third-order valence-electron chi connectivity index (χ3n) is 3.98. The summed E-state index contributed by atoms with van der Waals surface area (Å²) in [6, 6.07) is 3.89. The fourth-order valence-electron chi connectivity index (χ4n) is 2.77. The molecule has 1 aromatic heterocycles. The molecule has 24 heavy (non-hydrogen) atoms. The van der Waals surface area contributed by atoms with Gasteiger partial charge in [-0.1, -0.05) is 12.1 Å². The van der Waals surface area contributed by atoms with Crippen molar-refractivity contribution in [1.82, 2.24) is 9.78 Å². The fraction of sp³-hybridized carbons (Fsp3) is 0.333. The van der Waals surface area contributed by atoms with Gasteiger partial charge < -0.3 is 20.0 Å². The van der Waals surface area contributed by atoms with Gasteiger partial charge in [0.05, 0.1) is 30.9 Å². The van der Waals surface area contributed by atoms with E-state index in [1.807, 2.05) is 0 Å². The molecule has 0 amide bonds. The minimum absolute atomic E-state index is 0.204. The first-order valence-electron chi connectivity index (χ1n) is 7.07. The van der Waals surface area contributed by atoms with E-state index in [2.05, 4.69) is 10.4 Å². The van der Waals surface area contributed by atoms with Crippen LogP contribution >= 0.6 is 0 Å². The van der Waals surface area contributed by atoms with Crippen LogP contribution in [0.5, 0.6) is 5.75 Å². The molecule has 0 spiro atoms. The van der Waals surface area contributed by atoms with Gasteiger partial charge in [-0.05, 0) is 17.7 Å². The topological polar surface area (TPSA) is 79.2 Å². The number of anilines is 1. The normalized spacial score (nSPS) is 20.2. The maximum atomic E-state index is 13.4. The Hall–Kier alpha value is -2.71. The van der Waals surface area contributed by atoms with E-state index in [0.717, 1.165) is 6.20 Å². The number of alkyl halides is 3. The molecule has 6 nitrogen and oxygen atoms in total.